The van der Waals surface area contributed by atoms with E-state index in [0.717, 1.165) is 44.1 Å². The third kappa shape index (κ3) is 2.99. The van der Waals surface area contributed by atoms with E-state index in [1.165, 1.54) is 5.69 Å². The molecule has 0 saturated carbocycles. The van der Waals surface area contributed by atoms with Gasteiger partial charge in [0.25, 0.3) is 0 Å². The van der Waals surface area contributed by atoms with E-state index in [4.69, 9.17) is 4.74 Å². The van der Waals surface area contributed by atoms with Gasteiger partial charge >= 0.3 is 0 Å². The van der Waals surface area contributed by atoms with E-state index in [9.17, 15) is 0 Å². The molecule has 1 unspecified atom stereocenters. The number of rotatable bonds is 5. The molecule has 0 aromatic carbocycles. The molecule has 1 aliphatic heterocycles. The first kappa shape index (κ1) is 13.1. The van der Waals surface area contributed by atoms with Gasteiger partial charge in [0, 0.05) is 50.5 Å². The Balaban J connectivity index is 1.57. The minimum atomic E-state index is 0.423. The molecule has 1 saturated heterocycles. The number of hydrogen-bond acceptors (Lipinski definition) is 4. The molecule has 5 heteroatoms. The first-order chi connectivity index (χ1) is 9.83. The normalized spacial score (nSPS) is 18.4. The molecule has 106 valence electrons. The van der Waals surface area contributed by atoms with Crippen LogP contribution < -0.4 is 5.32 Å². The SMILES string of the molecule is Cn1cccc1CCNc1cc(C2CCOC2)ncn1. The lowest BCUT2D eigenvalue weighted by Crippen LogP contribution is -2.10. The Kier molecular flexibility index (Phi) is 3.97. The van der Waals surface area contributed by atoms with Crippen LogP contribution in [0.2, 0.25) is 0 Å². The number of anilines is 1. The molecule has 2 aromatic rings. The van der Waals surface area contributed by atoms with Crippen molar-refractivity contribution in [2.24, 2.45) is 7.05 Å². The predicted molar refractivity (Wildman–Crippen MR) is 77.8 cm³/mol. The summed E-state index contributed by atoms with van der Waals surface area (Å²) in [5.74, 6) is 1.32. The fourth-order valence-electron chi connectivity index (χ4n) is 2.53. The molecule has 0 spiro atoms. The molecule has 1 fully saturated rings. The van der Waals surface area contributed by atoms with Crippen LogP contribution in [0.4, 0.5) is 5.82 Å². The van der Waals surface area contributed by atoms with Crippen molar-refractivity contribution in [3.8, 4) is 0 Å². The molecule has 20 heavy (non-hydrogen) atoms. The highest BCUT2D eigenvalue weighted by Crippen LogP contribution is 2.24. The maximum atomic E-state index is 5.41. The Morgan fingerprint density at radius 1 is 1.45 bits per heavy atom. The van der Waals surface area contributed by atoms with Crippen LogP contribution in [0, 0.1) is 0 Å². The third-order valence-corrected chi connectivity index (χ3v) is 3.77. The quantitative estimate of drug-likeness (QED) is 0.904. The Morgan fingerprint density at radius 3 is 3.15 bits per heavy atom. The van der Waals surface area contributed by atoms with Gasteiger partial charge in [-0.05, 0) is 18.6 Å². The monoisotopic (exact) mass is 272 g/mol. The highest BCUT2D eigenvalue weighted by Gasteiger charge is 2.19. The van der Waals surface area contributed by atoms with Crippen molar-refractivity contribution in [2.75, 3.05) is 25.1 Å². The van der Waals surface area contributed by atoms with Crippen molar-refractivity contribution < 1.29 is 4.74 Å². The first-order valence-corrected chi connectivity index (χ1v) is 7.06. The molecular formula is C15H20N4O. The Hall–Kier alpha value is -1.88. The average Bonchev–Trinajstić information content (AvgIpc) is 3.12. The van der Waals surface area contributed by atoms with Gasteiger partial charge in [0.1, 0.15) is 12.1 Å². The predicted octanol–water partition coefficient (Wildman–Crippen LogP) is 1.97. The lowest BCUT2D eigenvalue weighted by atomic mass is 10.1. The highest BCUT2D eigenvalue weighted by atomic mass is 16.5. The van der Waals surface area contributed by atoms with E-state index in [-0.39, 0.29) is 0 Å². The maximum Gasteiger partial charge on any atom is 0.129 e. The van der Waals surface area contributed by atoms with Gasteiger partial charge in [-0.3, -0.25) is 0 Å². The molecule has 1 N–H and O–H groups in total. The molecule has 0 bridgehead atoms. The summed E-state index contributed by atoms with van der Waals surface area (Å²) in [6.45, 7) is 2.49. The fraction of sp³-hybridized carbons (Fsp3) is 0.467. The smallest absolute Gasteiger partial charge is 0.129 e. The molecule has 0 radical (unpaired) electrons. The Bertz CT molecular complexity index is 561. The molecule has 3 heterocycles. The summed E-state index contributed by atoms with van der Waals surface area (Å²) in [4.78, 5) is 8.64. The van der Waals surface area contributed by atoms with Gasteiger partial charge in [-0.25, -0.2) is 9.97 Å². The zero-order chi connectivity index (χ0) is 13.8. The molecule has 5 nitrogen and oxygen atoms in total. The molecular weight excluding hydrogens is 252 g/mol. The van der Waals surface area contributed by atoms with Gasteiger partial charge in [0.15, 0.2) is 0 Å². The molecule has 0 aliphatic carbocycles. The molecule has 2 aromatic heterocycles. The third-order valence-electron chi connectivity index (χ3n) is 3.77. The topological polar surface area (TPSA) is 52.0 Å². The summed E-state index contributed by atoms with van der Waals surface area (Å²) in [6, 6.07) is 6.26. The number of hydrogen-bond donors (Lipinski definition) is 1. The zero-order valence-electron chi connectivity index (χ0n) is 11.7. The lowest BCUT2D eigenvalue weighted by Gasteiger charge is -2.10. The van der Waals surface area contributed by atoms with E-state index in [0.29, 0.717) is 5.92 Å². The number of aromatic nitrogens is 3. The largest absolute Gasteiger partial charge is 0.381 e. The van der Waals surface area contributed by atoms with E-state index in [1.54, 1.807) is 6.33 Å². The van der Waals surface area contributed by atoms with Crippen LogP contribution in [0.15, 0.2) is 30.7 Å². The second kappa shape index (κ2) is 6.05. The first-order valence-electron chi connectivity index (χ1n) is 7.06. The second-order valence-corrected chi connectivity index (χ2v) is 5.18. The van der Waals surface area contributed by atoms with Crippen LogP contribution >= 0.6 is 0 Å². The summed E-state index contributed by atoms with van der Waals surface area (Å²) in [6.07, 6.45) is 5.74. The lowest BCUT2D eigenvalue weighted by molar-refractivity contribution is 0.193. The standard InChI is InChI=1S/C15H20N4O/c1-19-7-2-3-13(19)4-6-16-15-9-14(17-11-18-15)12-5-8-20-10-12/h2-3,7,9,11-12H,4-6,8,10H2,1H3,(H,16,17,18). The number of ether oxygens (including phenoxy) is 1. The van der Waals surface area contributed by atoms with Crippen molar-refractivity contribution in [1.82, 2.24) is 14.5 Å². The fourth-order valence-corrected chi connectivity index (χ4v) is 2.53. The number of aryl methyl sites for hydroxylation is 1. The van der Waals surface area contributed by atoms with E-state index in [1.807, 2.05) is 6.07 Å². The van der Waals surface area contributed by atoms with Crippen molar-refractivity contribution >= 4 is 5.82 Å². The van der Waals surface area contributed by atoms with Crippen LogP contribution in [0.3, 0.4) is 0 Å². The summed E-state index contributed by atoms with van der Waals surface area (Å²) in [7, 11) is 2.07. The van der Waals surface area contributed by atoms with Crippen LogP contribution in [-0.4, -0.2) is 34.3 Å². The minimum absolute atomic E-state index is 0.423. The maximum absolute atomic E-state index is 5.41. The number of nitrogens with zero attached hydrogens (tertiary/aromatic N) is 3. The van der Waals surface area contributed by atoms with Crippen LogP contribution in [0.1, 0.15) is 23.7 Å². The van der Waals surface area contributed by atoms with Gasteiger partial charge in [-0.15, -0.1) is 0 Å². The van der Waals surface area contributed by atoms with Crippen LogP contribution in [-0.2, 0) is 18.2 Å². The Morgan fingerprint density at radius 2 is 2.40 bits per heavy atom. The van der Waals surface area contributed by atoms with E-state index < -0.39 is 0 Å². The van der Waals surface area contributed by atoms with Gasteiger partial charge < -0.3 is 14.6 Å². The van der Waals surface area contributed by atoms with Crippen LogP contribution in [0.5, 0.6) is 0 Å². The summed E-state index contributed by atoms with van der Waals surface area (Å²) in [5, 5.41) is 3.37. The summed E-state index contributed by atoms with van der Waals surface area (Å²) < 4.78 is 7.55. The van der Waals surface area contributed by atoms with Crippen molar-refractivity contribution in [2.45, 2.75) is 18.8 Å². The minimum Gasteiger partial charge on any atom is -0.381 e. The van der Waals surface area contributed by atoms with Gasteiger partial charge in [-0.1, -0.05) is 0 Å². The highest BCUT2D eigenvalue weighted by molar-refractivity contribution is 5.36. The van der Waals surface area contributed by atoms with Crippen LogP contribution in [0.25, 0.3) is 0 Å². The van der Waals surface area contributed by atoms with E-state index in [2.05, 4.69) is 45.2 Å². The van der Waals surface area contributed by atoms with Gasteiger partial charge in [-0.2, -0.15) is 0 Å². The van der Waals surface area contributed by atoms with Crippen molar-refractivity contribution in [3.05, 3.63) is 42.1 Å². The summed E-state index contributed by atoms with van der Waals surface area (Å²) >= 11 is 0. The molecule has 3 rings (SSSR count). The molecule has 0 amide bonds. The van der Waals surface area contributed by atoms with Crippen molar-refractivity contribution in [1.29, 1.82) is 0 Å². The van der Waals surface area contributed by atoms with Gasteiger partial charge in [0.2, 0.25) is 0 Å². The van der Waals surface area contributed by atoms with E-state index >= 15 is 0 Å². The van der Waals surface area contributed by atoms with Gasteiger partial charge in [0.05, 0.1) is 12.3 Å². The Labute approximate surface area is 119 Å². The number of nitrogens with one attached hydrogen (secondary N) is 1. The second-order valence-electron chi connectivity index (χ2n) is 5.18. The van der Waals surface area contributed by atoms with Crippen molar-refractivity contribution in [3.63, 3.8) is 0 Å². The molecule has 1 aliphatic rings. The molecule has 1 atom stereocenters. The average molecular weight is 272 g/mol. The zero-order valence-corrected chi connectivity index (χ0v) is 11.7. The summed E-state index contributed by atoms with van der Waals surface area (Å²) in [5.41, 5.74) is 2.40.